The van der Waals surface area contributed by atoms with Crippen molar-refractivity contribution < 1.29 is 4.79 Å². The molecule has 1 aromatic rings. The highest BCUT2D eigenvalue weighted by atomic mass is 16.1. The topological polar surface area (TPSA) is 20.3 Å². The van der Waals surface area contributed by atoms with Crippen molar-refractivity contribution in [1.29, 1.82) is 0 Å². The van der Waals surface area contributed by atoms with E-state index >= 15 is 0 Å². The maximum Gasteiger partial charge on any atom is 0.157 e. The molecule has 2 nitrogen and oxygen atoms in total. The number of hydrogen-bond donors (Lipinski definition) is 0. The lowest BCUT2D eigenvalue weighted by Crippen LogP contribution is -2.34. The molecule has 1 aliphatic carbocycles. The van der Waals surface area contributed by atoms with Crippen molar-refractivity contribution in [2.75, 3.05) is 0 Å². The molecule has 1 heterocycles. The van der Waals surface area contributed by atoms with E-state index in [1.807, 2.05) is 6.07 Å². The van der Waals surface area contributed by atoms with Crippen molar-refractivity contribution in [3.05, 3.63) is 47.7 Å². The predicted molar refractivity (Wildman–Crippen MR) is 76.5 cm³/mol. The molecule has 3 rings (SSSR count). The Hall–Kier alpha value is -1.57. The summed E-state index contributed by atoms with van der Waals surface area (Å²) in [7, 11) is 0. The van der Waals surface area contributed by atoms with Crippen LogP contribution in [0.2, 0.25) is 0 Å². The second-order valence-electron chi connectivity index (χ2n) is 5.76. The Labute approximate surface area is 115 Å². The van der Waals surface area contributed by atoms with Crippen LogP contribution in [-0.2, 0) is 11.3 Å². The van der Waals surface area contributed by atoms with Crippen LogP contribution in [-0.4, -0.2) is 16.7 Å². The van der Waals surface area contributed by atoms with Gasteiger partial charge in [0.1, 0.15) is 0 Å². The molecule has 1 aliphatic heterocycles. The molecule has 1 aromatic carbocycles. The van der Waals surface area contributed by atoms with Crippen LogP contribution in [0.4, 0.5) is 0 Å². The zero-order valence-electron chi connectivity index (χ0n) is 11.5. The average Bonchev–Trinajstić information content (AvgIpc) is 2.79. The first-order valence-electron chi connectivity index (χ1n) is 7.28. The molecule has 19 heavy (non-hydrogen) atoms. The largest absolute Gasteiger partial charge is 0.369 e. The molecule has 2 heteroatoms. The highest BCUT2D eigenvalue weighted by molar-refractivity contribution is 5.94. The quantitative estimate of drug-likeness (QED) is 0.823. The maximum atomic E-state index is 11.8. The molecular weight excluding hydrogens is 234 g/mol. The van der Waals surface area contributed by atoms with Gasteiger partial charge in [-0.15, -0.1) is 0 Å². The Balaban J connectivity index is 1.82. The van der Waals surface area contributed by atoms with Crippen LogP contribution in [0.3, 0.4) is 0 Å². The molecule has 2 aliphatic rings. The van der Waals surface area contributed by atoms with Gasteiger partial charge in [0.05, 0.1) is 0 Å². The molecular formula is C17H21NO. The van der Waals surface area contributed by atoms with E-state index in [1.54, 1.807) is 6.92 Å². The fourth-order valence-corrected chi connectivity index (χ4v) is 3.55. The van der Waals surface area contributed by atoms with Gasteiger partial charge in [0, 0.05) is 30.3 Å². The molecule has 0 amide bonds. The highest BCUT2D eigenvalue weighted by Gasteiger charge is 2.38. The van der Waals surface area contributed by atoms with E-state index in [1.165, 1.54) is 31.2 Å². The van der Waals surface area contributed by atoms with Crippen molar-refractivity contribution in [1.82, 2.24) is 4.90 Å². The Morgan fingerprint density at radius 2 is 1.95 bits per heavy atom. The van der Waals surface area contributed by atoms with E-state index in [4.69, 9.17) is 0 Å². The molecule has 2 unspecified atom stereocenters. The second kappa shape index (κ2) is 5.20. The summed E-state index contributed by atoms with van der Waals surface area (Å²) in [5.74, 6) is 0.738. The van der Waals surface area contributed by atoms with Crippen molar-refractivity contribution in [3.63, 3.8) is 0 Å². The highest BCUT2D eigenvalue weighted by Crippen LogP contribution is 2.39. The zero-order valence-corrected chi connectivity index (χ0v) is 11.5. The van der Waals surface area contributed by atoms with Crippen LogP contribution >= 0.6 is 0 Å². The average molecular weight is 255 g/mol. The molecule has 0 aromatic heterocycles. The van der Waals surface area contributed by atoms with Crippen LogP contribution < -0.4 is 0 Å². The van der Waals surface area contributed by atoms with Crippen LogP contribution in [0.5, 0.6) is 0 Å². The summed E-state index contributed by atoms with van der Waals surface area (Å²) in [5, 5.41) is 0. The Kier molecular flexibility index (Phi) is 3.41. The van der Waals surface area contributed by atoms with Gasteiger partial charge >= 0.3 is 0 Å². The standard InChI is InChI=1S/C17H21NO/c1-13(19)16-12-18(11-14-7-3-2-4-8-14)17-10-6-5-9-15(16)17/h2-4,7-8,12,15,17H,5-6,9-11H2,1H3. The van der Waals surface area contributed by atoms with Crippen molar-refractivity contribution in [3.8, 4) is 0 Å². The van der Waals surface area contributed by atoms with Crippen LogP contribution in [0, 0.1) is 5.92 Å². The SMILES string of the molecule is CC(=O)C1=CN(Cc2ccccc2)C2CCCCC12. The number of hydrogen-bond acceptors (Lipinski definition) is 2. The lowest BCUT2D eigenvalue weighted by molar-refractivity contribution is -0.114. The van der Waals surface area contributed by atoms with Gasteiger partial charge < -0.3 is 4.90 Å². The fourth-order valence-electron chi connectivity index (χ4n) is 3.55. The summed E-state index contributed by atoms with van der Waals surface area (Å²) in [4.78, 5) is 14.2. The summed E-state index contributed by atoms with van der Waals surface area (Å²) in [6, 6.07) is 11.1. The molecule has 0 N–H and O–H groups in total. The minimum absolute atomic E-state index is 0.257. The number of Topliss-reactive ketones (excluding diaryl/α,β-unsaturated/α-hetero) is 1. The summed E-state index contributed by atoms with van der Waals surface area (Å²) in [5.41, 5.74) is 2.38. The lowest BCUT2D eigenvalue weighted by atomic mass is 9.81. The predicted octanol–water partition coefficient (Wildman–Crippen LogP) is 3.53. The number of carbonyl (C=O) groups is 1. The third-order valence-corrected chi connectivity index (χ3v) is 4.47. The van der Waals surface area contributed by atoms with Crippen molar-refractivity contribution in [2.45, 2.75) is 45.2 Å². The monoisotopic (exact) mass is 255 g/mol. The summed E-state index contributed by atoms with van der Waals surface area (Å²) in [6.45, 7) is 2.64. The second-order valence-corrected chi connectivity index (χ2v) is 5.76. The molecule has 2 atom stereocenters. The first-order valence-corrected chi connectivity index (χ1v) is 7.28. The molecule has 1 fully saturated rings. The number of rotatable bonds is 3. The maximum absolute atomic E-state index is 11.8. The third kappa shape index (κ3) is 2.44. The number of carbonyl (C=O) groups excluding carboxylic acids is 1. The van der Waals surface area contributed by atoms with E-state index < -0.39 is 0 Å². The van der Waals surface area contributed by atoms with E-state index in [9.17, 15) is 4.79 Å². The van der Waals surface area contributed by atoms with Gasteiger partial charge in [-0.25, -0.2) is 0 Å². The molecule has 0 saturated heterocycles. The number of benzene rings is 1. The normalized spacial score (nSPS) is 25.9. The van der Waals surface area contributed by atoms with Gasteiger partial charge in [-0.05, 0) is 25.3 Å². The number of nitrogens with zero attached hydrogens (tertiary/aromatic N) is 1. The van der Waals surface area contributed by atoms with E-state index in [0.29, 0.717) is 12.0 Å². The summed E-state index contributed by atoms with van der Waals surface area (Å²) < 4.78 is 0. The zero-order chi connectivity index (χ0) is 13.2. The molecule has 1 saturated carbocycles. The number of ketones is 1. The summed E-state index contributed by atoms with van der Waals surface area (Å²) in [6.07, 6.45) is 7.11. The van der Waals surface area contributed by atoms with E-state index in [0.717, 1.165) is 12.1 Å². The van der Waals surface area contributed by atoms with Gasteiger partial charge in [-0.2, -0.15) is 0 Å². The minimum atomic E-state index is 0.257. The summed E-state index contributed by atoms with van der Waals surface area (Å²) >= 11 is 0. The Morgan fingerprint density at radius 1 is 1.21 bits per heavy atom. The van der Waals surface area contributed by atoms with Crippen LogP contribution in [0.15, 0.2) is 42.1 Å². The van der Waals surface area contributed by atoms with E-state index in [-0.39, 0.29) is 5.78 Å². The Morgan fingerprint density at radius 3 is 2.68 bits per heavy atom. The van der Waals surface area contributed by atoms with Crippen LogP contribution in [0.25, 0.3) is 0 Å². The van der Waals surface area contributed by atoms with Crippen molar-refractivity contribution in [2.24, 2.45) is 5.92 Å². The van der Waals surface area contributed by atoms with Gasteiger partial charge in [0.25, 0.3) is 0 Å². The lowest BCUT2D eigenvalue weighted by Gasteiger charge is -2.33. The molecule has 0 radical (unpaired) electrons. The Bertz CT molecular complexity index is 491. The smallest absolute Gasteiger partial charge is 0.157 e. The molecule has 0 spiro atoms. The third-order valence-electron chi connectivity index (χ3n) is 4.47. The minimum Gasteiger partial charge on any atom is -0.369 e. The van der Waals surface area contributed by atoms with Gasteiger partial charge in [-0.3, -0.25) is 4.79 Å². The fraction of sp³-hybridized carbons (Fsp3) is 0.471. The van der Waals surface area contributed by atoms with Gasteiger partial charge in [-0.1, -0.05) is 43.2 Å². The number of fused-ring (bicyclic) bond motifs is 1. The van der Waals surface area contributed by atoms with E-state index in [2.05, 4.69) is 35.4 Å². The first kappa shape index (κ1) is 12.5. The van der Waals surface area contributed by atoms with Gasteiger partial charge in [0.2, 0.25) is 0 Å². The van der Waals surface area contributed by atoms with Gasteiger partial charge in [0.15, 0.2) is 5.78 Å². The first-order chi connectivity index (χ1) is 9.25. The van der Waals surface area contributed by atoms with Crippen molar-refractivity contribution >= 4 is 5.78 Å². The van der Waals surface area contributed by atoms with Crippen LogP contribution in [0.1, 0.15) is 38.2 Å². The molecule has 0 bridgehead atoms. The molecule has 100 valence electrons.